The van der Waals surface area contributed by atoms with E-state index in [2.05, 4.69) is 33.6 Å². The van der Waals surface area contributed by atoms with Crippen LogP contribution in [-0.2, 0) is 6.54 Å². The minimum absolute atomic E-state index is 0.0489. The molecule has 0 fully saturated rings. The van der Waals surface area contributed by atoms with Gasteiger partial charge in [-0.05, 0) is 55.3 Å². The van der Waals surface area contributed by atoms with Crippen LogP contribution in [0.5, 0.6) is 11.5 Å². The second-order valence-corrected chi connectivity index (χ2v) is 9.42. The molecule has 1 unspecified atom stereocenters. The topological polar surface area (TPSA) is 106 Å². The number of ether oxygens (including phenoxy) is 2. The normalized spacial score (nSPS) is 11.8. The van der Waals surface area contributed by atoms with Crippen molar-refractivity contribution in [1.82, 2.24) is 15.3 Å². The number of anilines is 1. The Morgan fingerprint density at radius 3 is 2.57 bits per heavy atom. The van der Waals surface area contributed by atoms with Crippen LogP contribution in [0.25, 0.3) is 21.3 Å². The molecule has 10 heteroatoms. The SMILES string of the molecule is COc1cc2nc(C)nc(NC(C)c3ccc(-c4ccc(Cl)cc4CNC(=O)O)s3)c2cc1OC. The van der Waals surface area contributed by atoms with Crippen molar-refractivity contribution in [2.24, 2.45) is 0 Å². The second kappa shape index (κ2) is 10.4. The van der Waals surface area contributed by atoms with Gasteiger partial charge in [-0.15, -0.1) is 11.3 Å². The summed E-state index contributed by atoms with van der Waals surface area (Å²) in [5.41, 5.74) is 2.51. The van der Waals surface area contributed by atoms with Gasteiger partial charge >= 0.3 is 6.09 Å². The van der Waals surface area contributed by atoms with E-state index in [-0.39, 0.29) is 12.6 Å². The summed E-state index contributed by atoms with van der Waals surface area (Å²) >= 11 is 7.78. The third kappa shape index (κ3) is 5.41. The minimum Gasteiger partial charge on any atom is -0.493 e. The average Bonchev–Trinajstić information content (AvgIpc) is 3.32. The molecule has 8 nitrogen and oxygen atoms in total. The van der Waals surface area contributed by atoms with Gasteiger partial charge in [0.15, 0.2) is 11.5 Å². The number of nitrogens with one attached hydrogen (secondary N) is 2. The Hall–Kier alpha value is -3.56. The summed E-state index contributed by atoms with van der Waals surface area (Å²) in [5.74, 6) is 2.56. The number of hydrogen-bond donors (Lipinski definition) is 3. The number of thiophene rings is 1. The number of nitrogens with zero attached hydrogens (tertiary/aromatic N) is 2. The van der Waals surface area contributed by atoms with Crippen LogP contribution >= 0.6 is 22.9 Å². The number of halogens is 1. The minimum atomic E-state index is -1.08. The molecule has 0 bridgehead atoms. The zero-order valence-electron chi connectivity index (χ0n) is 19.7. The van der Waals surface area contributed by atoms with E-state index in [0.29, 0.717) is 28.2 Å². The molecule has 0 aliphatic rings. The van der Waals surface area contributed by atoms with Crippen molar-refractivity contribution in [1.29, 1.82) is 0 Å². The van der Waals surface area contributed by atoms with E-state index in [9.17, 15) is 4.79 Å². The average molecular weight is 513 g/mol. The molecule has 0 aliphatic carbocycles. The molecule has 0 saturated heterocycles. The van der Waals surface area contributed by atoms with E-state index in [0.717, 1.165) is 31.8 Å². The maximum absolute atomic E-state index is 11.0. The number of carboxylic acid groups (broad SMARTS) is 1. The lowest BCUT2D eigenvalue weighted by Gasteiger charge is -2.17. The van der Waals surface area contributed by atoms with Gasteiger partial charge in [0.05, 0.1) is 25.8 Å². The third-order valence-corrected chi connectivity index (χ3v) is 7.02. The maximum Gasteiger partial charge on any atom is 0.404 e. The molecule has 1 amide bonds. The van der Waals surface area contributed by atoms with E-state index < -0.39 is 6.09 Å². The van der Waals surface area contributed by atoms with E-state index in [1.54, 1.807) is 37.7 Å². The third-order valence-electron chi connectivity index (χ3n) is 5.48. The number of methoxy groups -OCH3 is 2. The highest BCUT2D eigenvalue weighted by atomic mass is 35.5. The van der Waals surface area contributed by atoms with Crippen LogP contribution in [0.2, 0.25) is 5.02 Å². The Balaban J connectivity index is 1.64. The van der Waals surface area contributed by atoms with Crippen molar-refractivity contribution in [3.8, 4) is 21.9 Å². The van der Waals surface area contributed by atoms with Gasteiger partial charge < -0.3 is 25.2 Å². The van der Waals surface area contributed by atoms with Gasteiger partial charge in [0.2, 0.25) is 0 Å². The second-order valence-electron chi connectivity index (χ2n) is 7.87. The van der Waals surface area contributed by atoms with E-state index >= 15 is 0 Å². The number of amides is 1. The van der Waals surface area contributed by atoms with Gasteiger partial charge in [0.25, 0.3) is 0 Å². The number of rotatable bonds is 8. The first-order valence-electron chi connectivity index (χ1n) is 10.8. The summed E-state index contributed by atoms with van der Waals surface area (Å²) in [6, 6.07) is 13.3. The number of fused-ring (bicyclic) bond motifs is 1. The van der Waals surface area contributed by atoms with Crippen molar-refractivity contribution in [3.05, 3.63) is 63.8 Å². The highest BCUT2D eigenvalue weighted by Crippen LogP contribution is 2.38. The van der Waals surface area contributed by atoms with E-state index in [1.165, 1.54) is 0 Å². The first kappa shape index (κ1) is 24.6. The Bertz CT molecular complexity index is 1390. The van der Waals surface area contributed by atoms with Crippen molar-refractivity contribution < 1.29 is 19.4 Å². The monoisotopic (exact) mass is 512 g/mol. The Morgan fingerprint density at radius 1 is 1.11 bits per heavy atom. The van der Waals surface area contributed by atoms with Gasteiger partial charge in [-0.3, -0.25) is 0 Å². The molecule has 0 aliphatic heterocycles. The number of carbonyl (C=O) groups is 1. The number of benzene rings is 2. The van der Waals surface area contributed by atoms with Crippen molar-refractivity contribution in [2.75, 3.05) is 19.5 Å². The zero-order chi connectivity index (χ0) is 25.1. The molecule has 2 aromatic heterocycles. The van der Waals surface area contributed by atoms with E-state index in [1.807, 2.05) is 31.2 Å². The van der Waals surface area contributed by atoms with Gasteiger partial charge in [-0.25, -0.2) is 14.8 Å². The molecule has 3 N–H and O–H groups in total. The summed E-state index contributed by atoms with van der Waals surface area (Å²) in [5, 5.41) is 16.3. The summed E-state index contributed by atoms with van der Waals surface area (Å²) in [7, 11) is 3.19. The molecule has 4 rings (SSSR count). The van der Waals surface area contributed by atoms with Crippen LogP contribution in [0.15, 0.2) is 42.5 Å². The Labute approximate surface area is 211 Å². The number of aromatic nitrogens is 2. The smallest absolute Gasteiger partial charge is 0.404 e. The lowest BCUT2D eigenvalue weighted by atomic mass is 10.1. The Kier molecular flexibility index (Phi) is 7.28. The molecule has 35 heavy (non-hydrogen) atoms. The summed E-state index contributed by atoms with van der Waals surface area (Å²) < 4.78 is 10.9. The molecule has 0 saturated carbocycles. The first-order chi connectivity index (χ1) is 16.8. The standard InChI is InChI=1S/C25H25ClN4O4S/c1-13(28-24-18-10-20(33-3)21(34-4)11-19(18)29-14(2)30-24)22-7-8-23(35-22)17-6-5-16(26)9-15(17)12-27-25(31)32/h5-11,13,27H,12H2,1-4H3,(H,31,32)(H,28,29,30). The number of hydrogen-bond acceptors (Lipinski definition) is 7. The van der Waals surface area contributed by atoms with Crippen LogP contribution in [0.4, 0.5) is 10.6 Å². The molecular weight excluding hydrogens is 488 g/mol. The fourth-order valence-electron chi connectivity index (χ4n) is 3.81. The van der Waals surface area contributed by atoms with Gasteiger partial charge in [-0.1, -0.05) is 17.7 Å². The summed E-state index contributed by atoms with van der Waals surface area (Å²) in [4.78, 5) is 22.3. The molecular formula is C25H25ClN4O4S. The largest absolute Gasteiger partial charge is 0.493 e. The van der Waals surface area contributed by atoms with Crippen molar-refractivity contribution in [3.63, 3.8) is 0 Å². The molecule has 0 radical (unpaired) electrons. The predicted octanol–water partition coefficient (Wildman–Crippen LogP) is 6.28. The van der Waals surface area contributed by atoms with Gasteiger partial charge in [0.1, 0.15) is 11.6 Å². The van der Waals surface area contributed by atoms with Crippen LogP contribution in [-0.4, -0.2) is 35.4 Å². The quantitative estimate of drug-likeness (QED) is 0.255. The van der Waals surface area contributed by atoms with Gasteiger partial charge in [-0.2, -0.15) is 0 Å². The molecule has 2 aromatic carbocycles. The summed E-state index contributed by atoms with van der Waals surface area (Å²) in [6.45, 7) is 4.08. The summed E-state index contributed by atoms with van der Waals surface area (Å²) in [6.07, 6.45) is -1.08. The van der Waals surface area contributed by atoms with Crippen LogP contribution in [0.3, 0.4) is 0 Å². The molecule has 1 atom stereocenters. The lowest BCUT2D eigenvalue weighted by Crippen LogP contribution is -2.20. The fourth-order valence-corrected chi connectivity index (χ4v) is 5.07. The van der Waals surface area contributed by atoms with Crippen LogP contribution in [0, 0.1) is 6.92 Å². The zero-order valence-corrected chi connectivity index (χ0v) is 21.3. The van der Waals surface area contributed by atoms with E-state index in [4.69, 9.17) is 26.2 Å². The first-order valence-corrected chi connectivity index (χ1v) is 12.0. The fraction of sp³-hybridized carbons (Fsp3) is 0.240. The number of aryl methyl sites for hydroxylation is 1. The van der Waals surface area contributed by atoms with Crippen LogP contribution < -0.4 is 20.1 Å². The predicted molar refractivity (Wildman–Crippen MR) is 139 cm³/mol. The van der Waals surface area contributed by atoms with Crippen molar-refractivity contribution >= 4 is 45.8 Å². The maximum atomic E-state index is 11.0. The lowest BCUT2D eigenvalue weighted by molar-refractivity contribution is 0.194. The van der Waals surface area contributed by atoms with Crippen molar-refractivity contribution in [2.45, 2.75) is 26.4 Å². The molecule has 0 spiro atoms. The highest BCUT2D eigenvalue weighted by molar-refractivity contribution is 7.15. The highest BCUT2D eigenvalue weighted by Gasteiger charge is 2.17. The Morgan fingerprint density at radius 2 is 1.86 bits per heavy atom. The van der Waals surface area contributed by atoms with Gasteiger partial charge in [0, 0.05) is 32.8 Å². The molecule has 182 valence electrons. The van der Waals surface area contributed by atoms with Crippen LogP contribution in [0.1, 0.15) is 29.2 Å². The molecule has 2 heterocycles. The molecule has 4 aromatic rings.